The summed E-state index contributed by atoms with van der Waals surface area (Å²) in [5, 5.41) is 0. The standard InChI is InChI=1S/3C19H16N.C18H14N.4CH4.4Ir/c1-14-5-3-6-16(11-14)17-7-4-8-18(12-17)19-10-9-15(2)13-20-19;1-14-10-11-19(20-13-14)17-8-5-7-16(12-17)18-9-4-3-6-15(18)2;1-14-6-9-16(10-7-14)17-4-3-5-18(12-17)19-11-8-15(2)13-20-19;1-14-10-11-18(19-13-14)17-9-5-8-16(12-17)15-6-3-2-4-7-15;;;;;;;;/h2*3-7,9-13H,1-2H3;3-4,6-13H,1-2H3;2-8,10-13H,1H3;4*1H4;;;;/q4*-1;;;;;;;;. The molecule has 0 saturated heterocycles. The summed E-state index contributed by atoms with van der Waals surface area (Å²) in [6.07, 6.45) is 7.56. The molecule has 4 aromatic heterocycles. The second-order valence-corrected chi connectivity index (χ2v) is 19.8. The van der Waals surface area contributed by atoms with Crippen LogP contribution in [0.3, 0.4) is 0 Å². The molecule has 0 bridgehead atoms. The molecular weight excluding hydrogens is 1770 g/mol. The predicted molar refractivity (Wildman–Crippen MR) is 356 cm³/mol. The largest absolute Gasteiger partial charge is 0.304 e. The summed E-state index contributed by atoms with van der Waals surface area (Å²) in [6.45, 7) is 14.5. The van der Waals surface area contributed by atoms with Gasteiger partial charge in [0.15, 0.2) is 0 Å². The van der Waals surface area contributed by atoms with E-state index < -0.39 is 0 Å². The summed E-state index contributed by atoms with van der Waals surface area (Å²) >= 11 is 0. The first-order chi connectivity index (χ1) is 38.5. The van der Waals surface area contributed by atoms with Crippen LogP contribution < -0.4 is 0 Å². The Morgan fingerprint density at radius 2 is 0.552 bits per heavy atom. The van der Waals surface area contributed by atoms with E-state index in [0.717, 1.165) is 45.0 Å². The van der Waals surface area contributed by atoms with Gasteiger partial charge in [0.25, 0.3) is 0 Å². The van der Waals surface area contributed by atoms with Crippen molar-refractivity contribution in [2.75, 3.05) is 0 Å². The van der Waals surface area contributed by atoms with Crippen molar-refractivity contribution >= 4 is 0 Å². The van der Waals surface area contributed by atoms with Crippen molar-refractivity contribution in [2.24, 2.45) is 0 Å². The number of pyridine rings is 4. The predicted octanol–water partition coefficient (Wildman–Crippen LogP) is 21.6. The van der Waals surface area contributed by atoms with Crippen LogP contribution in [0.2, 0.25) is 0 Å². The van der Waals surface area contributed by atoms with Gasteiger partial charge in [0.1, 0.15) is 0 Å². The number of aromatic nitrogens is 4. The van der Waals surface area contributed by atoms with Gasteiger partial charge in [-0.05, 0) is 121 Å². The zero-order valence-corrected chi connectivity index (χ0v) is 56.9. The van der Waals surface area contributed by atoms with E-state index in [0.29, 0.717) is 0 Å². The van der Waals surface area contributed by atoms with Crippen LogP contribution >= 0.6 is 0 Å². The number of benzene rings is 8. The van der Waals surface area contributed by atoms with Crippen LogP contribution in [0.1, 0.15) is 68.7 Å². The molecular formula is C79H78Ir4N4-4. The summed E-state index contributed by atoms with van der Waals surface area (Å²) < 4.78 is 0. The maximum Gasteiger partial charge on any atom is 0.0190 e. The molecule has 0 aliphatic carbocycles. The van der Waals surface area contributed by atoms with Gasteiger partial charge in [0.05, 0.1) is 0 Å². The molecule has 87 heavy (non-hydrogen) atoms. The molecule has 0 saturated carbocycles. The minimum atomic E-state index is 0. The SMILES string of the molecule is C.C.C.C.Cc1ccc(-c2[c-]ccc(-c3cccc(C)c3)c2)nc1.Cc1ccc(-c2[c-]ccc(-c3ccccc3)c2)nc1.Cc1ccc(-c2[c-]ccc(-c3ccccc3C)c2)nc1.Cc1ccc(-c2cc[c-]c(-c3ccc(C)cn3)c2)cc1.[Ir].[Ir].[Ir].[Ir]. The minimum Gasteiger partial charge on any atom is -0.304 e. The fourth-order valence-electron chi connectivity index (χ4n) is 8.77. The molecule has 0 spiro atoms. The van der Waals surface area contributed by atoms with Crippen LogP contribution in [0.4, 0.5) is 0 Å². The Bertz CT molecular complexity index is 3830. The Hall–Kier alpha value is -7.04. The molecule has 4 heterocycles. The maximum atomic E-state index is 4.47. The van der Waals surface area contributed by atoms with Crippen molar-refractivity contribution in [3.63, 3.8) is 0 Å². The molecule has 12 rings (SSSR count). The Morgan fingerprint density at radius 3 is 0.920 bits per heavy atom. The van der Waals surface area contributed by atoms with Gasteiger partial charge < -0.3 is 19.9 Å². The van der Waals surface area contributed by atoms with E-state index in [1.807, 2.05) is 107 Å². The fourth-order valence-corrected chi connectivity index (χ4v) is 8.77. The average molecular weight is 1850 g/mol. The van der Waals surface area contributed by atoms with Gasteiger partial charge in [-0.1, -0.05) is 192 Å². The third-order valence-electron chi connectivity index (χ3n) is 13.3. The van der Waals surface area contributed by atoms with Crippen LogP contribution in [-0.4, -0.2) is 19.9 Å². The van der Waals surface area contributed by atoms with E-state index in [1.165, 1.54) is 83.5 Å². The Morgan fingerprint density at radius 1 is 0.241 bits per heavy atom. The third-order valence-corrected chi connectivity index (χ3v) is 13.3. The maximum absolute atomic E-state index is 4.47. The van der Waals surface area contributed by atoms with Crippen molar-refractivity contribution < 1.29 is 80.4 Å². The summed E-state index contributed by atoms with van der Waals surface area (Å²) in [7, 11) is 0. The summed E-state index contributed by atoms with van der Waals surface area (Å²) in [4.78, 5) is 17.9. The number of nitrogens with zero attached hydrogens (tertiary/aromatic N) is 4. The quantitative estimate of drug-likeness (QED) is 0.142. The topological polar surface area (TPSA) is 51.6 Å². The van der Waals surface area contributed by atoms with E-state index in [2.05, 4.69) is 235 Å². The van der Waals surface area contributed by atoms with Gasteiger partial charge in [-0.15, -0.1) is 142 Å². The van der Waals surface area contributed by atoms with Crippen molar-refractivity contribution in [1.82, 2.24) is 19.9 Å². The van der Waals surface area contributed by atoms with E-state index in [9.17, 15) is 0 Å². The van der Waals surface area contributed by atoms with Crippen LogP contribution in [0.25, 0.3) is 89.5 Å². The molecule has 0 N–H and O–H groups in total. The first-order valence-corrected chi connectivity index (χ1v) is 26.6. The van der Waals surface area contributed by atoms with Crippen molar-refractivity contribution in [1.29, 1.82) is 0 Å². The zero-order chi connectivity index (χ0) is 54.9. The van der Waals surface area contributed by atoms with Crippen LogP contribution in [-0.2, 0) is 80.4 Å². The van der Waals surface area contributed by atoms with E-state index >= 15 is 0 Å². The van der Waals surface area contributed by atoms with Gasteiger partial charge in [0.2, 0.25) is 0 Å². The molecule has 0 atom stereocenters. The number of hydrogen-bond acceptors (Lipinski definition) is 4. The smallest absolute Gasteiger partial charge is 0.0190 e. The van der Waals surface area contributed by atoms with E-state index in [-0.39, 0.29) is 110 Å². The Kier molecular flexibility index (Phi) is 34.9. The van der Waals surface area contributed by atoms with Gasteiger partial charge in [-0.3, -0.25) is 0 Å². The first-order valence-electron chi connectivity index (χ1n) is 26.6. The minimum absolute atomic E-state index is 0. The van der Waals surface area contributed by atoms with Crippen LogP contribution in [0, 0.1) is 72.7 Å². The van der Waals surface area contributed by atoms with Crippen molar-refractivity contribution in [3.05, 3.63) is 312 Å². The first kappa shape index (κ1) is 78.0. The third kappa shape index (κ3) is 22.6. The molecule has 4 nitrogen and oxygen atoms in total. The number of rotatable bonds is 8. The molecule has 0 aliphatic rings. The molecule has 0 aliphatic heterocycles. The van der Waals surface area contributed by atoms with Crippen LogP contribution in [0.15, 0.2) is 249 Å². The number of aryl methyl sites for hydroxylation is 7. The summed E-state index contributed by atoms with van der Waals surface area (Å²) in [6, 6.07) is 90.2. The molecule has 8 aromatic carbocycles. The number of hydrogen-bond donors (Lipinski definition) is 0. The van der Waals surface area contributed by atoms with Gasteiger partial charge in [-0.25, -0.2) is 0 Å². The molecule has 12 aromatic rings. The van der Waals surface area contributed by atoms with Gasteiger partial charge >= 0.3 is 0 Å². The average Bonchev–Trinajstić information content (AvgIpc) is 3.66. The Labute approximate surface area is 575 Å². The summed E-state index contributed by atoms with van der Waals surface area (Å²) in [5.74, 6) is 0. The van der Waals surface area contributed by atoms with Gasteiger partial charge in [0, 0.05) is 105 Å². The van der Waals surface area contributed by atoms with Crippen molar-refractivity contribution in [3.8, 4) is 89.5 Å². The monoisotopic (exact) mass is 1850 g/mol. The summed E-state index contributed by atoms with van der Waals surface area (Å²) in [5.41, 5.74) is 26.2. The molecule has 454 valence electrons. The molecule has 4 radical (unpaired) electrons. The molecule has 0 unspecified atom stereocenters. The van der Waals surface area contributed by atoms with E-state index in [4.69, 9.17) is 0 Å². The molecule has 8 heteroatoms. The zero-order valence-electron chi connectivity index (χ0n) is 47.3. The second-order valence-electron chi connectivity index (χ2n) is 19.8. The van der Waals surface area contributed by atoms with E-state index in [1.54, 1.807) is 0 Å². The second kappa shape index (κ2) is 39.0. The van der Waals surface area contributed by atoms with Crippen LogP contribution in [0.5, 0.6) is 0 Å². The van der Waals surface area contributed by atoms with Crippen molar-refractivity contribution in [2.45, 2.75) is 78.2 Å². The molecule has 0 fully saturated rings. The normalized spacial score (nSPS) is 9.51. The van der Waals surface area contributed by atoms with Gasteiger partial charge in [-0.2, -0.15) is 0 Å². The fraction of sp³-hybridized carbons (Fsp3) is 0.139. The molecule has 0 amide bonds. The Balaban J connectivity index is 0.000000563.